The molecule has 0 radical (unpaired) electrons. The number of nitrogens with one attached hydrogen (secondary N) is 3. The van der Waals surface area contributed by atoms with Gasteiger partial charge in [0, 0.05) is 87.3 Å². The van der Waals surface area contributed by atoms with E-state index in [0.717, 1.165) is 109 Å². The molecule has 28 heteroatoms. The van der Waals surface area contributed by atoms with E-state index < -0.39 is 59.9 Å². The van der Waals surface area contributed by atoms with Crippen molar-refractivity contribution in [3.63, 3.8) is 0 Å². The summed E-state index contributed by atoms with van der Waals surface area (Å²) >= 11 is 0. The number of likely N-dealkylation sites (N-methyl/N-ethyl adjacent to an activating group) is 3. The summed E-state index contributed by atoms with van der Waals surface area (Å²) in [6.07, 6.45) is 35.9. The van der Waals surface area contributed by atoms with E-state index in [4.69, 9.17) is 17.2 Å². The Morgan fingerprint density at radius 2 is 0.700 bits per heavy atom. The summed E-state index contributed by atoms with van der Waals surface area (Å²) in [4.78, 5) is 159. The van der Waals surface area contributed by atoms with Gasteiger partial charge in [-0.2, -0.15) is 0 Å². The van der Waals surface area contributed by atoms with Crippen molar-refractivity contribution in [3.05, 3.63) is 139 Å². The summed E-state index contributed by atoms with van der Waals surface area (Å²) < 4.78 is 0. The van der Waals surface area contributed by atoms with E-state index in [1.807, 2.05) is 44.2 Å². The van der Waals surface area contributed by atoms with Gasteiger partial charge in [0.25, 0.3) is 17.7 Å². The number of nitrogens with two attached hydrogens (primary N) is 3. The van der Waals surface area contributed by atoms with E-state index in [0.29, 0.717) is 72.5 Å². The van der Waals surface area contributed by atoms with Crippen LogP contribution in [-0.2, 0) is 48.0 Å². The van der Waals surface area contributed by atoms with Crippen LogP contribution in [0.5, 0.6) is 0 Å². The van der Waals surface area contributed by atoms with Crippen LogP contribution in [0.15, 0.2) is 122 Å². The van der Waals surface area contributed by atoms with Crippen LogP contribution < -0.4 is 47.9 Å². The third-order valence-electron chi connectivity index (χ3n) is 23.9. The summed E-state index contributed by atoms with van der Waals surface area (Å²) in [5, 5.41) is 9.58. The number of aromatic nitrogens is 7. The molecule has 0 spiro atoms. The largest absolute Gasteiger partial charge is 0.384 e. The van der Waals surface area contributed by atoms with Crippen molar-refractivity contribution in [2.24, 2.45) is 53.3 Å². The Kier molecular flexibility index (Phi) is 25.0. The first-order valence-electron chi connectivity index (χ1n) is 39.9. The van der Waals surface area contributed by atoms with Crippen LogP contribution in [0.2, 0.25) is 0 Å². The fourth-order valence-corrected chi connectivity index (χ4v) is 17.7. The second-order valence-electron chi connectivity index (χ2n) is 31.3. The van der Waals surface area contributed by atoms with Crippen LogP contribution in [-0.4, -0.2) is 160 Å². The molecule has 6 aromatic rings. The number of para-hydroxylation sites is 1. The van der Waals surface area contributed by atoms with Gasteiger partial charge in [-0.25, -0.2) is 49.3 Å². The fourth-order valence-electron chi connectivity index (χ4n) is 17.7. The van der Waals surface area contributed by atoms with Crippen LogP contribution in [0.3, 0.4) is 0 Å². The van der Waals surface area contributed by atoms with Crippen LogP contribution in [0.25, 0.3) is 0 Å². The molecule has 110 heavy (non-hydrogen) atoms. The summed E-state index contributed by atoms with van der Waals surface area (Å²) in [5.74, 6) is 0.162. The number of rotatable bonds is 23. The number of anilines is 6. The van der Waals surface area contributed by atoms with Gasteiger partial charge in [-0.3, -0.25) is 53.3 Å². The lowest BCUT2D eigenvalue weighted by Gasteiger charge is -2.47. The Bertz CT molecular complexity index is 4050. The van der Waals surface area contributed by atoms with Gasteiger partial charge in [0.2, 0.25) is 29.6 Å². The lowest BCUT2D eigenvalue weighted by atomic mass is 9.80. The molecule has 8 heterocycles. The Morgan fingerprint density at radius 1 is 0.391 bits per heavy atom. The Balaban J connectivity index is 0.000000145. The molecular weight excluding hydrogens is 1400 g/mol. The minimum absolute atomic E-state index is 0.0510. The molecule has 6 aliphatic carbocycles. The minimum atomic E-state index is -0.952. The number of carbonyl (C=O) groups is 9. The topological polar surface area (TPSA) is 377 Å². The van der Waals surface area contributed by atoms with Gasteiger partial charge in [-0.1, -0.05) is 76.0 Å². The highest BCUT2D eigenvalue weighted by atomic mass is 16.2. The molecule has 12 amide bonds. The number of β-lactam (4-membered cyclic amide) rings is 3. The highest BCUT2D eigenvalue weighted by Crippen LogP contribution is 2.45. The van der Waals surface area contributed by atoms with E-state index in [2.05, 4.69) is 50.8 Å². The molecule has 9 fully saturated rings. The van der Waals surface area contributed by atoms with Gasteiger partial charge in [0.15, 0.2) is 0 Å². The first-order valence-corrected chi connectivity index (χ1v) is 39.9. The number of benzene rings is 1. The van der Waals surface area contributed by atoms with Crippen molar-refractivity contribution >= 4 is 88.6 Å². The normalized spacial score (nSPS) is 22.8. The summed E-state index contributed by atoms with van der Waals surface area (Å²) in [5.41, 5.74) is 20.7. The highest BCUT2D eigenvalue weighted by Gasteiger charge is 2.59. The molecule has 5 aromatic heterocycles. The van der Waals surface area contributed by atoms with Gasteiger partial charge in [-0.15, -0.1) is 0 Å². The molecule has 28 nitrogen and oxygen atoms in total. The van der Waals surface area contributed by atoms with Crippen molar-refractivity contribution < 1.29 is 43.2 Å². The number of amides is 12. The quantitative estimate of drug-likeness (QED) is 0.0325. The smallest absolute Gasteiger partial charge is 0.325 e. The highest BCUT2D eigenvalue weighted by molar-refractivity contribution is 6.14. The van der Waals surface area contributed by atoms with Gasteiger partial charge in [-0.05, 0) is 223 Å². The molecule has 3 saturated heterocycles. The number of imide groups is 3. The minimum Gasteiger partial charge on any atom is -0.384 e. The molecule has 9 N–H and O–H groups in total. The lowest BCUT2D eigenvalue weighted by Crippen LogP contribution is -2.71. The number of hydrogen-bond acceptors (Lipinski definition) is 19. The SMILES string of the molecule is CCN(C(=O)[C@@H]1[C@@H](Cc2ccnc(N)c2)C(=O)N1C(=O)N[C@@H](C1CCCCC1)C1CC1)c1ccccc1.CCN(C(=O)[C@@H]1[C@@H](Cc2ccnc(N)c2)C(=O)N1C(=O)N[C@@H](C1CCCCC1)C1CC1)c1ncccn1.CN(C(=O)[C@@H]1[C@@H](Cc2ccnc(N)c2)C(=O)N1C(=O)N[C@@H](C1CCCCC1)C1CC1)c1ncccn1. The van der Waals surface area contributed by atoms with Gasteiger partial charge >= 0.3 is 18.1 Å². The molecule has 6 saturated carbocycles. The van der Waals surface area contributed by atoms with Crippen LogP contribution >= 0.6 is 0 Å². The van der Waals surface area contributed by atoms with E-state index in [1.165, 1.54) is 72.5 Å². The fraction of sp³-hybridized carbons (Fsp3) is 0.537. The molecule has 3 aliphatic heterocycles. The third-order valence-corrected chi connectivity index (χ3v) is 23.9. The van der Waals surface area contributed by atoms with Crippen LogP contribution in [0, 0.1) is 53.3 Å². The summed E-state index contributed by atoms with van der Waals surface area (Å²) in [6.45, 7) is 4.47. The molecule has 15 rings (SSSR count). The third kappa shape index (κ3) is 18.0. The summed E-state index contributed by atoms with van der Waals surface area (Å²) in [6, 6.07) is 19.2. The lowest BCUT2D eigenvalue weighted by molar-refractivity contribution is -0.156. The average Bonchev–Trinajstić information content (AvgIpc) is 0.760. The van der Waals surface area contributed by atoms with Crippen LogP contribution in [0.1, 0.15) is 165 Å². The van der Waals surface area contributed by atoms with E-state index >= 15 is 0 Å². The van der Waals surface area contributed by atoms with Crippen molar-refractivity contribution in [3.8, 4) is 0 Å². The van der Waals surface area contributed by atoms with Crippen molar-refractivity contribution in [1.82, 2.24) is 65.5 Å². The number of urea groups is 3. The van der Waals surface area contributed by atoms with Gasteiger partial charge in [0.1, 0.15) is 35.6 Å². The molecule has 0 bridgehead atoms. The van der Waals surface area contributed by atoms with Crippen molar-refractivity contribution in [2.45, 2.75) is 204 Å². The Labute approximate surface area is 642 Å². The maximum absolute atomic E-state index is 13.9. The van der Waals surface area contributed by atoms with E-state index in [1.54, 1.807) is 104 Å². The second kappa shape index (κ2) is 35.4. The predicted molar refractivity (Wildman–Crippen MR) is 414 cm³/mol. The van der Waals surface area contributed by atoms with Crippen LogP contribution in [0.4, 0.5) is 49.4 Å². The number of carbonyl (C=O) groups excluding carboxylic acids is 9. The molecule has 582 valence electrons. The zero-order chi connectivity index (χ0) is 77.1. The van der Waals surface area contributed by atoms with Crippen molar-refractivity contribution in [2.75, 3.05) is 52.0 Å². The van der Waals surface area contributed by atoms with Gasteiger partial charge in [0.05, 0.1) is 17.8 Å². The molecule has 1 aromatic carbocycles. The second-order valence-corrected chi connectivity index (χ2v) is 31.3. The number of pyridine rings is 3. The monoisotopic (exact) mass is 1500 g/mol. The zero-order valence-corrected chi connectivity index (χ0v) is 63.3. The maximum atomic E-state index is 13.9. The zero-order valence-electron chi connectivity index (χ0n) is 63.3. The average molecular weight is 1500 g/mol. The number of hydrogen-bond donors (Lipinski definition) is 6. The molecular formula is C82H105N19O9. The van der Waals surface area contributed by atoms with E-state index in [-0.39, 0.29) is 72.4 Å². The maximum Gasteiger partial charge on any atom is 0.325 e. The standard InChI is InChI=1S/C29H37N5O3.C27H35N7O3.C26H33N7O3/c1-2-33(22-11-7-4-8-12-22)28(36)26-23(17-19-15-16-31-24(30)18-19)27(35)34(26)29(37)32-25(21-13-14-21)20-9-5-3-6-10-20;1-2-33(26-30-12-6-13-31-26)25(36)23-20(15-17-11-14-29-21(28)16-17)24(35)34(23)27(37)32-22(19-9-10-19)18-7-4-3-5-8-18;1-32(25-29-11-5-12-30-25)24(35)22-19(14-16-10-13-28-20(27)15-16)23(34)33(22)26(36)31-21(18-8-9-18)17-6-3-2-4-7-17/h4,7-8,11-12,15-16,18,20-21,23,25-26H,2-3,5-6,9-10,13-14,17H2,1H3,(H2,30,31)(H,32,37);6,11-14,16,18-20,22-23H,2-5,7-10,15H2,1H3,(H2,28,29)(H,32,37);5,10-13,15,17-19,21-22H,2-4,6-9,14H2,1H3,(H2,27,28)(H,31,36)/t23-,25+,26+;20-,22+,23+;19-,21+,22+/m111/s1. The molecule has 9 aliphatic rings. The number of likely N-dealkylation sites (tertiary alicyclic amines) is 3. The summed E-state index contributed by atoms with van der Waals surface area (Å²) in [7, 11) is 1.56. The predicted octanol–water partition coefficient (Wildman–Crippen LogP) is 9.65. The first-order chi connectivity index (χ1) is 53.4. The van der Waals surface area contributed by atoms with Gasteiger partial charge < -0.3 is 38.1 Å². The number of nitrogens with zero attached hydrogens (tertiary/aromatic N) is 13. The first kappa shape index (κ1) is 77.6. The Morgan fingerprint density at radius 3 is 1.02 bits per heavy atom. The van der Waals surface area contributed by atoms with E-state index in [9.17, 15) is 43.2 Å². The Hall–Kier alpha value is -10.5. The number of nitrogen functional groups attached to an aromatic ring is 3. The molecule has 9 atom stereocenters. The van der Waals surface area contributed by atoms with Crippen molar-refractivity contribution in [1.29, 1.82) is 0 Å². The molecule has 0 unspecified atom stereocenters.